The van der Waals surface area contributed by atoms with Crippen LogP contribution in [0.3, 0.4) is 0 Å². The molecule has 0 saturated carbocycles. The molecular weight excluding hydrogens is 676 g/mol. The maximum Gasteiger partial charge on any atom is 3.00 e. The molecule has 0 saturated heterocycles. The summed E-state index contributed by atoms with van der Waals surface area (Å²) in [5.74, 6) is 0. The Hall–Kier alpha value is -3.10. The molecule has 3 heteroatoms. The van der Waals surface area contributed by atoms with Crippen molar-refractivity contribution in [1.82, 2.24) is 0 Å². The number of unbranched alkanes of at least 4 members (excludes halogenated alkanes) is 2. The largest absolute Gasteiger partial charge is 3.00 e. The van der Waals surface area contributed by atoms with Crippen molar-refractivity contribution in [1.29, 1.82) is 0 Å². The van der Waals surface area contributed by atoms with Crippen LogP contribution in [0, 0.1) is 6.61 Å². The zero-order valence-electron chi connectivity index (χ0n) is 30.1. The molecule has 255 valence electrons. The summed E-state index contributed by atoms with van der Waals surface area (Å²) >= 11 is 0. The molecule has 1 radical (unpaired) electrons. The number of benzene rings is 4. The molecule has 2 nitrogen and oxygen atoms in total. The van der Waals surface area contributed by atoms with Crippen molar-refractivity contribution in [2.24, 2.45) is 0 Å². The second kappa shape index (κ2) is 21.9. The van der Waals surface area contributed by atoms with Crippen LogP contribution in [0.1, 0.15) is 88.5 Å². The third kappa shape index (κ3) is 11.7. The van der Waals surface area contributed by atoms with Crippen LogP contribution in [0.15, 0.2) is 109 Å². The number of hydrogen-bond donors (Lipinski definition) is 2. The third-order valence-corrected chi connectivity index (χ3v) is 8.95. The molecule has 0 aliphatic heterocycles. The maximum absolute atomic E-state index is 7.57. The van der Waals surface area contributed by atoms with Crippen LogP contribution >= 0.6 is 0 Å². The van der Waals surface area contributed by atoms with Gasteiger partial charge < -0.3 is 10.2 Å². The summed E-state index contributed by atoms with van der Waals surface area (Å²) in [7, 11) is 0. The molecule has 0 aliphatic rings. The SMILES string of the molecule is CCCCc1cc2c(-c3ccc(CCC)cc3)cccc2[cH-]1.CCCCc1cc2c(-c3ccc(CCC)cc3)cccc2[cH-]1.O[CH-]CO.[Zr+3]. The predicted molar refractivity (Wildman–Crippen MR) is 208 cm³/mol. The zero-order chi connectivity index (χ0) is 34.1. The maximum atomic E-state index is 7.57. The molecule has 2 N–H and O–H groups in total. The number of hydrogen-bond acceptors (Lipinski definition) is 2. The van der Waals surface area contributed by atoms with Crippen molar-refractivity contribution in [2.45, 2.75) is 91.9 Å². The van der Waals surface area contributed by atoms with E-state index < -0.39 is 0 Å². The van der Waals surface area contributed by atoms with Crippen LogP contribution in [0.5, 0.6) is 0 Å². The Bertz CT molecular complexity index is 1640. The summed E-state index contributed by atoms with van der Waals surface area (Å²) in [6, 6.07) is 41.0. The average Bonchev–Trinajstić information content (AvgIpc) is 3.75. The van der Waals surface area contributed by atoms with Crippen LogP contribution < -0.4 is 0 Å². The van der Waals surface area contributed by atoms with Crippen molar-refractivity contribution in [3.63, 3.8) is 0 Å². The summed E-state index contributed by atoms with van der Waals surface area (Å²) in [6.07, 6.45) is 12.2. The van der Waals surface area contributed by atoms with E-state index in [0.717, 1.165) is 0 Å². The Balaban J connectivity index is 0.000000235. The van der Waals surface area contributed by atoms with Gasteiger partial charge in [-0.25, -0.2) is 0 Å². The van der Waals surface area contributed by atoms with Gasteiger partial charge in [-0.2, -0.15) is 18.7 Å². The normalized spacial score (nSPS) is 10.7. The van der Waals surface area contributed by atoms with E-state index in [1.807, 2.05) is 0 Å². The average molecular weight is 731 g/mol. The molecular formula is C46H55O2Zr. The molecule has 6 rings (SSSR count). The third-order valence-electron chi connectivity index (χ3n) is 8.95. The predicted octanol–water partition coefficient (Wildman–Crippen LogP) is 12.6. The minimum absolute atomic E-state index is 0. The molecule has 0 aromatic heterocycles. The Morgan fingerprint density at radius 1 is 0.531 bits per heavy atom. The summed E-state index contributed by atoms with van der Waals surface area (Å²) < 4.78 is 0. The molecule has 0 atom stereocenters. The van der Waals surface area contributed by atoms with Crippen molar-refractivity contribution in [3.8, 4) is 22.3 Å². The fraction of sp³-hybridized carbons (Fsp3) is 0.326. The Kier molecular flexibility index (Phi) is 18.0. The van der Waals surface area contributed by atoms with Gasteiger partial charge in [0, 0.05) is 0 Å². The monoisotopic (exact) mass is 729 g/mol. The molecule has 0 aliphatic carbocycles. The van der Waals surface area contributed by atoms with Gasteiger partial charge in [0.05, 0.1) is 0 Å². The van der Waals surface area contributed by atoms with Gasteiger partial charge in [-0.05, 0) is 47.9 Å². The van der Waals surface area contributed by atoms with E-state index in [-0.39, 0.29) is 32.8 Å². The minimum atomic E-state index is -0.250. The van der Waals surface area contributed by atoms with E-state index in [0.29, 0.717) is 6.61 Å². The first-order chi connectivity index (χ1) is 23.5. The second-order valence-electron chi connectivity index (χ2n) is 12.8. The number of rotatable bonds is 13. The van der Waals surface area contributed by atoms with Crippen molar-refractivity contribution in [2.75, 3.05) is 6.61 Å². The Labute approximate surface area is 315 Å². The van der Waals surface area contributed by atoms with Gasteiger partial charge >= 0.3 is 26.2 Å². The standard InChI is InChI=1S/2C22H25.C2H5O2.Zr/c2*1-3-5-8-18-15-20-9-6-10-21(22(20)16-18)19-13-11-17(7-4-2)12-14-19;3-1-2-4;/h2*6,9-16H,3-5,7-8H2,1-2H3;1,3-4H,2H2;/q3*-1;+3. The van der Waals surface area contributed by atoms with Gasteiger partial charge in [-0.15, -0.1) is 69.1 Å². The molecule has 0 bridgehead atoms. The fourth-order valence-corrected chi connectivity index (χ4v) is 6.43. The first-order valence-corrected chi connectivity index (χ1v) is 18.2. The molecule has 6 aromatic rings. The first kappa shape index (κ1) is 40.3. The number of fused-ring (bicyclic) bond motifs is 2. The minimum Gasteiger partial charge on any atom is -0.564 e. The number of aliphatic hydroxyl groups excluding tert-OH is 2. The Morgan fingerprint density at radius 3 is 1.24 bits per heavy atom. The molecule has 0 amide bonds. The topological polar surface area (TPSA) is 40.5 Å². The van der Waals surface area contributed by atoms with Gasteiger partial charge in [-0.3, -0.25) is 0 Å². The zero-order valence-corrected chi connectivity index (χ0v) is 32.6. The molecule has 0 fully saturated rings. The van der Waals surface area contributed by atoms with E-state index in [4.69, 9.17) is 10.2 Å². The second-order valence-corrected chi connectivity index (χ2v) is 12.8. The van der Waals surface area contributed by atoms with Gasteiger partial charge in [-0.1, -0.05) is 145 Å². The molecule has 6 aromatic carbocycles. The number of aliphatic hydroxyl groups is 2. The van der Waals surface area contributed by atoms with Gasteiger partial charge in [0.25, 0.3) is 0 Å². The van der Waals surface area contributed by atoms with Crippen LogP contribution in [0.2, 0.25) is 0 Å². The number of aryl methyl sites for hydroxylation is 4. The smallest absolute Gasteiger partial charge is 0.564 e. The first-order valence-electron chi connectivity index (χ1n) is 18.2. The summed E-state index contributed by atoms with van der Waals surface area (Å²) in [4.78, 5) is 0. The summed E-state index contributed by atoms with van der Waals surface area (Å²) in [6.45, 7) is 9.41. The molecule has 0 spiro atoms. The quantitative estimate of drug-likeness (QED) is 0.116. The van der Waals surface area contributed by atoms with E-state index in [2.05, 4.69) is 137 Å². The van der Waals surface area contributed by atoms with Crippen LogP contribution in [-0.4, -0.2) is 16.8 Å². The van der Waals surface area contributed by atoms with Crippen LogP contribution in [-0.2, 0) is 51.9 Å². The van der Waals surface area contributed by atoms with Gasteiger partial charge in [0.2, 0.25) is 0 Å². The van der Waals surface area contributed by atoms with Crippen LogP contribution in [0.25, 0.3) is 43.8 Å². The van der Waals surface area contributed by atoms with Crippen molar-refractivity contribution >= 4 is 21.5 Å². The summed E-state index contributed by atoms with van der Waals surface area (Å²) in [5.41, 5.74) is 11.2. The fourth-order valence-electron chi connectivity index (χ4n) is 6.43. The van der Waals surface area contributed by atoms with Crippen molar-refractivity contribution in [3.05, 3.63) is 138 Å². The molecule has 0 heterocycles. The molecule has 0 unspecified atom stereocenters. The van der Waals surface area contributed by atoms with Gasteiger partial charge in [0.1, 0.15) is 0 Å². The van der Waals surface area contributed by atoms with Gasteiger partial charge in [0.15, 0.2) is 0 Å². The van der Waals surface area contributed by atoms with E-state index >= 15 is 0 Å². The van der Waals surface area contributed by atoms with Crippen LogP contribution in [0.4, 0.5) is 0 Å². The van der Waals surface area contributed by atoms with E-state index in [9.17, 15) is 0 Å². The van der Waals surface area contributed by atoms with E-state index in [1.165, 1.54) is 130 Å². The molecule has 49 heavy (non-hydrogen) atoms. The summed E-state index contributed by atoms with van der Waals surface area (Å²) in [5, 5.41) is 20.6. The van der Waals surface area contributed by atoms with E-state index in [1.54, 1.807) is 0 Å². The van der Waals surface area contributed by atoms with Crippen molar-refractivity contribution < 1.29 is 36.4 Å². The Morgan fingerprint density at radius 2 is 0.918 bits per heavy atom.